The molecule has 3 aromatic carbocycles. The number of rotatable bonds is 11. The van der Waals surface area contributed by atoms with Gasteiger partial charge in [-0.15, -0.1) is 0 Å². The number of hydrogen-bond acceptors (Lipinski definition) is 4. The van der Waals surface area contributed by atoms with Crippen LogP contribution in [0.5, 0.6) is 0 Å². The van der Waals surface area contributed by atoms with Crippen LogP contribution in [0.2, 0.25) is 5.02 Å². The van der Waals surface area contributed by atoms with Crippen molar-refractivity contribution < 1.29 is 18.0 Å². The van der Waals surface area contributed by atoms with Crippen LogP contribution in [-0.2, 0) is 32.6 Å². The monoisotopic (exact) mass is 595 g/mol. The minimum absolute atomic E-state index is 0.0674. The number of aryl methyl sites for hydroxylation is 1. The van der Waals surface area contributed by atoms with E-state index in [2.05, 4.69) is 5.32 Å². The first-order chi connectivity index (χ1) is 19.5. The maximum atomic E-state index is 14.3. The molecule has 2 amide bonds. The fourth-order valence-corrected chi connectivity index (χ4v) is 6.42. The van der Waals surface area contributed by atoms with Gasteiger partial charge in [-0.2, -0.15) is 0 Å². The van der Waals surface area contributed by atoms with Gasteiger partial charge < -0.3 is 10.2 Å². The first-order valence-electron chi connectivity index (χ1n) is 14.0. The van der Waals surface area contributed by atoms with Crippen LogP contribution in [0.1, 0.15) is 47.9 Å². The first-order valence-corrected chi connectivity index (χ1v) is 16.2. The van der Waals surface area contributed by atoms with E-state index in [9.17, 15) is 18.0 Å². The second-order valence-electron chi connectivity index (χ2n) is 10.8. The van der Waals surface area contributed by atoms with Crippen molar-refractivity contribution in [3.8, 4) is 0 Å². The summed E-state index contributed by atoms with van der Waals surface area (Å²) in [7, 11) is -3.86. The quantitative estimate of drug-likeness (QED) is 0.321. The normalized spacial score (nSPS) is 14.4. The summed E-state index contributed by atoms with van der Waals surface area (Å²) in [6.45, 7) is 3.38. The van der Waals surface area contributed by atoms with Gasteiger partial charge in [-0.25, -0.2) is 8.42 Å². The summed E-state index contributed by atoms with van der Waals surface area (Å²) in [4.78, 5) is 29.7. The van der Waals surface area contributed by atoms with Gasteiger partial charge in [-0.3, -0.25) is 13.9 Å². The van der Waals surface area contributed by atoms with Gasteiger partial charge in [-0.1, -0.05) is 85.1 Å². The highest BCUT2D eigenvalue weighted by Gasteiger charge is 2.34. The van der Waals surface area contributed by atoms with Gasteiger partial charge in [0.05, 0.1) is 11.9 Å². The Kier molecular flexibility index (Phi) is 10.1. The molecular formula is C32H38ClN3O4S. The zero-order chi connectivity index (χ0) is 29.6. The number of nitrogens with one attached hydrogen (secondary N) is 1. The molecule has 9 heteroatoms. The maximum absolute atomic E-state index is 14.3. The molecule has 1 atom stereocenters. The highest BCUT2D eigenvalue weighted by atomic mass is 35.5. The van der Waals surface area contributed by atoms with E-state index in [1.807, 2.05) is 61.5 Å². The van der Waals surface area contributed by atoms with Gasteiger partial charge >= 0.3 is 0 Å². The van der Waals surface area contributed by atoms with Gasteiger partial charge in [-0.05, 0) is 61.1 Å². The largest absolute Gasteiger partial charge is 0.352 e. The van der Waals surface area contributed by atoms with Crippen LogP contribution in [-0.4, -0.2) is 50.0 Å². The number of benzene rings is 3. The highest BCUT2D eigenvalue weighted by Crippen LogP contribution is 2.29. The van der Waals surface area contributed by atoms with E-state index in [1.54, 1.807) is 25.1 Å². The van der Waals surface area contributed by atoms with Gasteiger partial charge in [0.15, 0.2) is 0 Å². The van der Waals surface area contributed by atoms with Gasteiger partial charge in [0, 0.05) is 24.0 Å². The fourth-order valence-electron chi connectivity index (χ4n) is 5.35. The number of hydrogen-bond donors (Lipinski definition) is 1. The Morgan fingerprint density at radius 3 is 2.27 bits per heavy atom. The Labute approximate surface area is 248 Å². The lowest BCUT2D eigenvalue weighted by Gasteiger charge is -2.34. The Morgan fingerprint density at radius 2 is 1.61 bits per heavy atom. The predicted molar refractivity (Wildman–Crippen MR) is 164 cm³/mol. The minimum Gasteiger partial charge on any atom is -0.352 e. The molecule has 0 radical (unpaired) electrons. The molecule has 1 aliphatic carbocycles. The summed E-state index contributed by atoms with van der Waals surface area (Å²) in [5.41, 5.74) is 3.66. The van der Waals surface area contributed by atoms with Crippen molar-refractivity contribution in [1.82, 2.24) is 10.2 Å². The second-order valence-corrected chi connectivity index (χ2v) is 13.1. The molecule has 0 heterocycles. The second kappa shape index (κ2) is 13.5. The summed E-state index contributed by atoms with van der Waals surface area (Å²) in [6, 6.07) is 21.5. The average Bonchev–Trinajstić information content (AvgIpc) is 3.45. The molecule has 3 aromatic rings. The predicted octanol–water partition coefficient (Wildman–Crippen LogP) is 5.42. The zero-order valence-electron chi connectivity index (χ0n) is 23.8. The molecule has 1 N–H and O–H groups in total. The lowest BCUT2D eigenvalue weighted by atomic mass is 10.0. The number of carbonyl (C=O) groups excluding carboxylic acids is 2. The molecule has 41 heavy (non-hydrogen) atoms. The molecule has 1 aliphatic rings. The molecule has 218 valence electrons. The summed E-state index contributed by atoms with van der Waals surface area (Å²) in [5.74, 6) is -0.701. The molecule has 0 bridgehead atoms. The number of halogens is 1. The van der Waals surface area contributed by atoms with E-state index in [0.717, 1.165) is 52.9 Å². The van der Waals surface area contributed by atoms with Crippen molar-refractivity contribution in [2.24, 2.45) is 0 Å². The lowest BCUT2D eigenvalue weighted by molar-refractivity contribution is -0.140. The van der Waals surface area contributed by atoms with E-state index in [-0.39, 0.29) is 18.5 Å². The van der Waals surface area contributed by atoms with Crippen LogP contribution in [0.25, 0.3) is 0 Å². The molecular weight excluding hydrogens is 558 g/mol. The number of carbonyl (C=O) groups is 2. The fraction of sp³-hybridized carbons (Fsp3) is 0.375. The molecule has 7 nitrogen and oxygen atoms in total. The molecule has 0 aromatic heterocycles. The third kappa shape index (κ3) is 7.89. The maximum Gasteiger partial charge on any atom is 0.244 e. The van der Waals surface area contributed by atoms with Crippen molar-refractivity contribution in [2.75, 3.05) is 17.1 Å². The van der Waals surface area contributed by atoms with Gasteiger partial charge in [0.2, 0.25) is 21.8 Å². The van der Waals surface area contributed by atoms with Crippen molar-refractivity contribution in [3.63, 3.8) is 0 Å². The number of nitrogens with zero attached hydrogens (tertiary/aromatic N) is 2. The van der Waals surface area contributed by atoms with Crippen molar-refractivity contribution in [2.45, 2.75) is 64.6 Å². The molecule has 0 saturated heterocycles. The van der Waals surface area contributed by atoms with Crippen LogP contribution in [0.4, 0.5) is 5.69 Å². The Hall–Kier alpha value is -3.36. The SMILES string of the molecule is Cc1ccccc1CN(C(=O)CN(c1cccc(Cl)c1C)S(C)(=O)=O)[C@H](Cc1ccccc1)C(=O)NC1CCCC1. The van der Waals surface area contributed by atoms with E-state index < -0.39 is 28.5 Å². The van der Waals surface area contributed by atoms with Crippen molar-refractivity contribution in [3.05, 3.63) is 100 Å². The summed E-state index contributed by atoms with van der Waals surface area (Å²) < 4.78 is 27.1. The zero-order valence-corrected chi connectivity index (χ0v) is 25.4. The van der Waals surface area contributed by atoms with Crippen molar-refractivity contribution in [1.29, 1.82) is 0 Å². The molecule has 1 saturated carbocycles. The number of anilines is 1. The standard InChI is InChI=1S/C32H38ClN3O4S/c1-23-12-7-8-15-26(23)21-35(31(37)22-36(41(3,39)40)29-19-11-18-28(33)24(29)2)30(20-25-13-5-4-6-14-25)32(38)34-27-16-9-10-17-27/h4-8,11-15,18-19,27,30H,9-10,16-17,20-22H2,1-3H3,(H,34,38)/t30-/m1/s1. The van der Waals surface area contributed by atoms with E-state index in [1.165, 1.54) is 4.90 Å². The van der Waals surface area contributed by atoms with E-state index in [4.69, 9.17) is 11.6 Å². The molecule has 4 rings (SSSR count). The van der Waals surface area contributed by atoms with Crippen LogP contribution in [0, 0.1) is 13.8 Å². The van der Waals surface area contributed by atoms with Gasteiger partial charge in [0.25, 0.3) is 0 Å². The molecule has 0 unspecified atom stereocenters. The van der Waals surface area contributed by atoms with Crippen LogP contribution < -0.4 is 9.62 Å². The van der Waals surface area contributed by atoms with Crippen LogP contribution >= 0.6 is 11.6 Å². The van der Waals surface area contributed by atoms with Gasteiger partial charge in [0.1, 0.15) is 12.6 Å². The van der Waals surface area contributed by atoms with Crippen LogP contribution in [0.15, 0.2) is 72.8 Å². The Bertz CT molecular complexity index is 1470. The number of sulfonamides is 1. The minimum atomic E-state index is -3.86. The smallest absolute Gasteiger partial charge is 0.244 e. The summed E-state index contributed by atoms with van der Waals surface area (Å²) >= 11 is 6.33. The topological polar surface area (TPSA) is 86.8 Å². The van der Waals surface area contributed by atoms with Crippen molar-refractivity contribution >= 4 is 39.1 Å². The first kappa shape index (κ1) is 30.6. The van der Waals surface area contributed by atoms with Crippen LogP contribution in [0.3, 0.4) is 0 Å². The molecule has 1 fully saturated rings. The van der Waals surface area contributed by atoms with E-state index >= 15 is 0 Å². The lowest BCUT2D eigenvalue weighted by Crippen LogP contribution is -2.54. The summed E-state index contributed by atoms with van der Waals surface area (Å²) in [5, 5.41) is 3.59. The number of amides is 2. The van der Waals surface area contributed by atoms with E-state index in [0.29, 0.717) is 22.7 Å². The summed E-state index contributed by atoms with van der Waals surface area (Å²) in [6.07, 6.45) is 5.30. The Balaban J connectivity index is 1.75. The third-order valence-corrected chi connectivity index (χ3v) is 9.30. The average molecular weight is 596 g/mol. The third-order valence-electron chi connectivity index (χ3n) is 7.76. The Morgan fingerprint density at radius 1 is 0.951 bits per heavy atom. The molecule has 0 spiro atoms. The molecule has 0 aliphatic heterocycles. The highest BCUT2D eigenvalue weighted by molar-refractivity contribution is 7.92.